The van der Waals surface area contributed by atoms with Gasteiger partial charge in [-0.05, 0) is 12.8 Å². The fourth-order valence-electron chi connectivity index (χ4n) is 1.48. The van der Waals surface area contributed by atoms with E-state index in [1.54, 1.807) is 0 Å². The van der Waals surface area contributed by atoms with E-state index >= 15 is 0 Å². The van der Waals surface area contributed by atoms with Crippen LogP contribution in [0.15, 0.2) is 0 Å². The molecule has 0 saturated carbocycles. The van der Waals surface area contributed by atoms with E-state index in [0.717, 1.165) is 10.6 Å². The second kappa shape index (κ2) is 3.88. The standard InChI is InChI=1S/C7H13F2NO2S/c1-13(11,12)10-4-2-3-6(5-10)7(8)9/h6-7H,2-5H2,1H3/t6-/m0/s1. The number of hydrogen-bond donors (Lipinski definition) is 0. The Hall–Kier alpha value is -0.230. The normalized spacial score (nSPS) is 26.6. The first-order valence-corrected chi connectivity index (χ1v) is 5.99. The molecule has 0 aromatic carbocycles. The summed E-state index contributed by atoms with van der Waals surface area (Å²) in [7, 11) is -3.29. The lowest BCUT2D eigenvalue weighted by Crippen LogP contribution is -2.41. The molecule has 0 radical (unpaired) electrons. The van der Waals surface area contributed by atoms with Crippen molar-refractivity contribution in [2.75, 3.05) is 19.3 Å². The van der Waals surface area contributed by atoms with E-state index in [4.69, 9.17) is 0 Å². The van der Waals surface area contributed by atoms with Gasteiger partial charge in [-0.3, -0.25) is 0 Å². The van der Waals surface area contributed by atoms with Crippen LogP contribution < -0.4 is 0 Å². The number of nitrogens with zero attached hydrogens (tertiary/aromatic N) is 1. The molecule has 1 atom stereocenters. The van der Waals surface area contributed by atoms with Gasteiger partial charge in [0.15, 0.2) is 0 Å². The summed E-state index contributed by atoms with van der Waals surface area (Å²) >= 11 is 0. The summed E-state index contributed by atoms with van der Waals surface area (Å²) in [5.41, 5.74) is 0. The quantitative estimate of drug-likeness (QED) is 0.684. The molecule has 6 heteroatoms. The molecule has 1 rings (SSSR count). The van der Waals surface area contributed by atoms with E-state index in [1.807, 2.05) is 0 Å². The van der Waals surface area contributed by atoms with Gasteiger partial charge in [0.05, 0.1) is 6.26 Å². The first kappa shape index (κ1) is 10.8. The van der Waals surface area contributed by atoms with Crippen molar-refractivity contribution < 1.29 is 17.2 Å². The average molecular weight is 213 g/mol. The van der Waals surface area contributed by atoms with Crippen molar-refractivity contribution >= 4 is 10.0 Å². The van der Waals surface area contributed by atoms with Crippen LogP contribution in [0.2, 0.25) is 0 Å². The molecule has 0 aromatic heterocycles. The maximum Gasteiger partial charge on any atom is 0.242 e. The van der Waals surface area contributed by atoms with Crippen molar-refractivity contribution in [3.05, 3.63) is 0 Å². The van der Waals surface area contributed by atoms with Crippen LogP contribution in [0.5, 0.6) is 0 Å². The highest BCUT2D eigenvalue weighted by Crippen LogP contribution is 2.23. The maximum atomic E-state index is 12.3. The number of sulfonamides is 1. The third-order valence-corrected chi connectivity index (χ3v) is 3.52. The summed E-state index contributed by atoms with van der Waals surface area (Å²) in [6, 6.07) is 0. The van der Waals surface area contributed by atoms with Crippen LogP contribution in [0.3, 0.4) is 0 Å². The summed E-state index contributed by atoms with van der Waals surface area (Å²) in [6.07, 6.45) is -0.406. The zero-order valence-corrected chi connectivity index (χ0v) is 8.23. The van der Waals surface area contributed by atoms with Crippen molar-refractivity contribution in [1.82, 2.24) is 4.31 Å². The van der Waals surface area contributed by atoms with Gasteiger partial charge in [0.1, 0.15) is 0 Å². The van der Waals surface area contributed by atoms with Gasteiger partial charge in [0.25, 0.3) is 0 Å². The van der Waals surface area contributed by atoms with Crippen molar-refractivity contribution in [3.8, 4) is 0 Å². The van der Waals surface area contributed by atoms with Gasteiger partial charge in [-0.1, -0.05) is 0 Å². The largest absolute Gasteiger partial charge is 0.242 e. The molecule has 0 amide bonds. The summed E-state index contributed by atoms with van der Waals surface area (Å²) in [5, 5.41) is 0. The van der Waals surface area contributed by atoms with Crippen LogP contribution in [0, 0.1) is 5.92 Å². The number of hydrogen-bond acceptors (Lipinski definition) is 2. The molecule has 0 bridgehead atoms. The van der Waals surface area contributed by atoms with Gasteiger partial charge >= 0.3 is 0 Å². The SMILES string of the molecule is CS(=O)(=O)N1CCC[C@H](C(F)F)C1. The Kier molecular flexibility index (Phi) is 3.23. The fourth-order valence-corrected chi connectivity index (χ4v) is 2.40. The predicted molar refractivity (Wildman–Crippen MR) is 45.1 cm³/mol. The molecule has 78 valence electrons. The lowest BCUT2D eigenvalue weighted by Gasteiger charge is -2.30. The zero-order valence-electron chi connectivity index (χ0n) is 7.41. The highest BCUT2D eigenvalue weighted by Gasteiger charge is 2.30. The minimum Gasteiger partial charge on any atom is -0.213 e. The molecule has 0 unspecified atom stereocenters. The highest BCUT2D eigenvalue weighted by atomic mass is 32.2. The molecule has 3 nitrogen and oxygen atoms in total. The second-order valence-corrected chi connectivity index (χ2v) is 5.34. The topological polar surface area (TPSA) is 37.4 Å². The van der Waals surface area contributed by atoms with E-state index in [2.05, 4.69) is 0 Å². The van der Waals surface area contributed by atoms with E-state index in [0.29, 0.717) is 19.4 Å². The van der Waals surface area contributed by atoms with E-state index < -0.39 is 22.4 Å². The van der Waals surface area contributed by atoms with Crippen LogP contribution >= 0.6 is 0 Å². The molecule has 0 N–H and O–H groups in total. The fraction of sp³-hybridized carbons (Fsp3) is 1.00. The average Bonchev–Trinajstić information content (AvgIpc) is 2.03. The molecular formula is C7H13F2NO2S. The van der Waals surface area contributed by atoms with Gasteiger partial charge in [0, 0.05) is 19.0 Å². The van der Waals surface area contributed by atoms with Crippen LogP contribution in [0.4, 0.5) is 8.78 Å². The molecule has 0 spiro atoms. The molecule has 1 heterocycles. The minimum absolute atomic E-state index is 0.0312. The second-order valence-electron chi connectivity index (χ2n) is 3.36. The number of rotatable bonds is 2. The molecular weight excluding hydrogens is 200 g/mol. The first-order chi connectivity index (χ1) is 5.91. The summed E-state index contributed by atoms with van der Waals surface area (Å²) in [6.45, 7) is 0.346. The van der Waals surface area contributed by atoms with Gasteiger partial charge in [-0.25, -0.2) is 21.5 Å². The molecule has 1 fully saturated rings. The summed E-state index contributed by atoms with van der Waals surface area (Å²) in [4.78, 5) is 0. The van der Waals surface area contributed by atoms with Gasteiger partial charge in [-0.2, -0.15) is 0 Å². The van der Waals surface area contributed by atoms with Crippen molar-refractivity contribution in [2.24, 2.45) is 5.92 Å². The number of alkyl halides is 2. The summed E-state index contributed by atoms with van der Waals surface area (Å²) < 4.78 is 47.7. The Morgan fingerprint density at radius 3 is 2.54 bits per heavy atom. The van der Waals surface area contributed by atoms with Crippen molar-refractivity contribution in [3.63, 3.8) is 0 Å². The predicted octanol–water partition coefficient (Wildman–Crippen LogP) is 0.923. The molecule has 1 aliphatic heterocycles. The lowest BCUT2D eigenvalue weighted by molar-refractivity contribution is 0.0473. The molecule has 1 saturated heterocycles. The van der Waals surface area contributed by atoms with Crippen molar-refractivity contribution in [1.29, 1.82) is 0 Å². The summed E-state index contributed by atoms with van der Waals surface area (Å²) in [5.74, 6) is -0.788. The van der Waals surface area contributed by atoms with E-state index in [9.17, 15) is 17.2 Å². The third kappa shape index (κ3) is 2.87. The van der Waals surface area contributed by atoms with Gasteiger partial charge in [0.2, 0.25) is 16.4 Å². The monoisotopic (exact) mass is 213 g/mol. The lowest BCUT2D eigenvalue weighted by atomic mass is 10.0. The van der Waals surface area contributed by atoms with Crippen LogP contribution in [-0.2, 0) is 10.0 Å². The highest BCUT2D eigenvalue weighted by molar-refractivity contribution is 7.88. The van der Waals surface area contributed by atoms with Crippen LogP contribution in [-0.4, -0.2) is 38.5 Å². The third-order valence-electron chi connectivity index (χ3n) is 2.25. The molecule has 1 aliphatic rings. The Bertz CT molecular complexity index is 266. The Morgan fingerprint density at radius 2 is 2.08 bits per heavy atom. The van der Waals surface area contributed by atoms with Gasteiger partial charge in [-0.15, -0.1) is 0 Å². The van der Waals surface area contributed by atoms with E-state index in [1.165, 1.54) is 0 Å². The number of piperidine rings is 1. The Morgan fingerprint density at radius 1 is 1.46 bits per heavy atom. The smallest absolute Gasteiger partial charge is 0.213 e. The molecule has 0 aliphatic carbocycles. The minimum atomic E-state index is -3.29. The number of halogens is 2. The van der Waals surface area contributed by atoms with Crippen LogP contribution in [0.25, 0.3) is 0 Å². The zero-order chi connectivity index (χ0) is 10.1. The maximum absolute atomic E-state index is 12.3. The van der Waals surface area contributed by atoms with Crippen molar-refractivity contribution in [2.45, 2.75) is 19.3 Å². The Labute approximate surface area is 76.8 Å². The van der Waals surface area contributed by atoms with Crippen LogP contribution in [0.1, 0.15) is 12.8 Å². The molecule has 0 aromatic rings. The van der Waals surface area contributed by atoms with E-state index in [-0.39, 0.29) is 6.54 Å². The Balaban J connectivity index is 2.62. The van der Waals surface area contributed by atoms with Gasteiger partial charge < -0.3 is 0 Å². The first-order valence-electron chi connectivity index (χ1n) is 4.14. The molecule has 13 heavy (non-hydrogen) atoms.